The SMILES string of the molecule is CCCC(NC(=O)c1c(F)cccc1OC)C(N)=S. The lowest BCUT2D eigenvalue weighted by atomic mass is 10.1. The zero-order valence-electron chi connectivity index (χ0n) is 10.9. The molecular weight excluding hydrogens is 267 g/mol. The van der Waals surface area contributed by atoms with Crippen LogP contribution in [0.5, 0.6) is 5.75 Å². The van der Waals surface area contributed by atoms with Gasteiger partial charge in [0.1, 0.15) is 17.1 Å². The van der Waals surface area contributed by atoms with Crippen molar-refractivity contribution in [3.63, 3.8) is 0 Å². The second kappa shape index (κ2) is 7.04. The molecule has 1 atom stereocenters. The van der Waals surface area contributed by atoms with Crippen molar-refractivity contribution in [3.8, 4) is 5.75 Å². The van der Waals surface area contributed by atoms with Crippen molar-refractivity contribution in [2.24, 2.45) is 5.73 Å². The number of hydrogen-bond donors (Lipinski definition) is 2. The van der Waals surface area contributed by atoms with Gasteiger partial charge in [0.05, 0.1) is 18.1 Å². The van der Waals surface area contributed by atoms with Gasteiger partial charge in [-0.1, -0.05) is 31.6 Å². The number of nitrogens with one attached hydrogen (secondary N) is 1. The van der Waals surface area contributed by atoms with Crippen LogP contribution in [0.2, 0.25) is 0 Å². The Morgan fingerprint density at radius 3 is 2.79 bits per heavy atom. The molecule has 1 aromatic rings. The third kappa shape index (κ3) is 3.89. The van der Waals surface area contributed by atoms with Crippen molar-refractivity contribution < 1.29 is 13.9 Å². The molecule has 0 aliphatic rings. The van der Waals surface area contributed by atoms with E-state index >= 15 is 0 Å². The smallest absolute Gasteiger partial charge is 0.258 e. The molecule has 6 heteroatoms. The molecule has 1 rings (SSSR count). The first-order chi connectivity index (χ1) is 9.01. The topological polar surface area (TPSA) is 64.3 Å². The largest absolute Gasteiger partial charge is 0.496 e. The number of methoxy groups -OCH3 is 1. The Kier molecular flexibility index (Phi) is 5.69. The van der Waals surface area contributed by atoms with Gasteiger partial charge in [-0.05, 0) is 18.6 Å². The maximum Gasteiger partial charge on any atom is 0.258 e. The lowest BCUT2D eigenvalue weighted by Gasteiger charge is -2.17. The summed E-state index contributed by atoms with van der Waals surface area (Å²) in [6, 6.07) is 3.75. The zero-order chi connectivity index (χ0) is 14.4. The standard InChI is InChI=1S/C13H17FN2O2S/c1-3-5-9(12(15)19)16-13(17)11-8(14)6-4-7-10(11)18-2/h4,6-7,9H,3,5H2,1-2H3,(H2,15,19)(H,16,17). The molecule has 0 saturated heterocycles. The summed E-state index contributed by atoms with van der Waals surface area (Å²) in [5.74, 6) is -1.05. The monoisotopic (exact) mass is 284 g/mol. The minimum Gasteiger partial charge on any atom is -0.496 e. The number of carbonyl (C=O) groups is 1. The molecule has 0 spiro atoms. The molecule has 0 heterocycles. The van der Waals surface area contributed by atoms with Crippen LogP contribution in [0.3, 0.4) is 0 Å². The van der Waals surface area contributed by atoms with E-state index in [9.17, 15) is 9.18 Å². The summed E-state index contributed by atoms with van der Waals surface area (Å²) in [4.78, 5) is 12.3. The summed E-state index contributed by atoms with van der Waals surface area (Å²) in [5, 5.41) is 2.62. The van der Waals surface area contributed by atoms with Crippen LogP contribution in [0.25, 0.3) is 0 Å². The predicted octanol–water partition coefficient (Wildman–Crippen LogP) is 2.02. The summed E-state index contributed by atoms with van der Waals surface area (Å²) in [6.45, 7) is 1.95. The maximum atomic E-state index is 13.7. The van der Waals surface area contributed by atoms with E-state index in [4.69, 9.17) is 22.7 Å². The summed E-state index contributed by atoms with van der Waals surface area (Å²) in [5.41, 5.74) is 5.41. The van der Waals surface area contributed by atoms with Gasteiger partial charge in [0, 0.05) is 0 Å². The van der Waals surface area contributed by atoms with Crippen LogP contribution in [-0.4, -0.2) is 24.0 Å². The van der Waals surface area contributed by atoms with Gasteiger partial charge in [0.2, 0.25) is 0 Å². The number of halogens is 1. The van der Waals surface area contributed by atoms with Gasteiger partial charge in [-0.2, -0.15) is 0 Å². The predicted molar refractivity (Wildman–Crippen MR) is 75.9 cm³/mol. The molecule has 0 aromatic heterocycles. The molecule has 0 aliphatic carbocycles. The highest BCUT2D eigenvalue weighted by molar-refractivity contribution is 7.80. The molecule has 4 nitrogen and oxygen atoms in total. The highest BCUT2D eigenvalue weighted by Crippen LogP contribution is 2.21. The molecule has 1 aromatic carbocycles. The molecule has 0 bridgehead atoms. The third-order valence-electron chi connectivity index (χ3n) is 2.65. The van der Waals surface area contributed by atoms with Crippen LogP contribution in [0.4, 0.5) is 4.39 Å². The number of benzene rings is 1. The number of hydrogen-bond acceptors (Lipinski definition) is 3. The third-order valence-corrected chi connectivity index (χ3v) is 2.93. The second-order valence-corrected chi connectivity index (χ2v) is 4.51. The van der Waals surface area contributed by atoms with Gasteiger partial charge in [-0.15, -0.1) is 0 Å². The number of amides is 1. The van der Waals surface area contributed by atoms with Crippen LogP contribution in [-0.2, 0) is 0 Å². The maximum absolute atomic E-state index is 13.7. The van der Waals surface area contributed by atoms with Crippen molar-refractivity contribution in [2.75, 3.05) is 7.11 Å². The number of nitrogens with two attached hydrogens (primary N) is 1. The number of thiocarbonyl (C=S) groups is 1. The normalized spacial score (nSPS) is 11.7. The van der Waals surface area contributed by atoms with Crippen LogP contribution in [0, 0.1) is 5.82 Å². The summed E-state index contributed by atoms with van der Waals surface area (Å²) < 4.78 is 18.7. The Balaban J connectivity index is 2.97. The van der Waals surface area contributed by atoms with Gasteiger partial charge < -0.3 is 15.8 Å². The van der Waals surface area contributed by atoms with Gasteiger partial charge in [0.25, 0.3) is 5.91 Å². The zero-order valence-corrected chi connectivity index (χ0v) is 11.7. The number of rotatable bonds is 6. The Labute approximate surface area is 117 Å². The van der Waals surface area contributed by atoms with Crippen molar-refractivity contribution in [1.82, 2.24) is 5.32 Å². The van der Waals surface area contributed by atoms with Gasteiger partial charge in [0.15, 0.2) is 0 Å². The summed E-state index contributed by atoms with van der Waals surface area (Å²) in [7, 11) is 1.38. The van der Waals surface area contributed by atoms with E-state index in [0.717, 1.165) is 6.42 Å². The molecule has 104 valence electrons. The number of carbonyl (C=O) groups excluding carboxylic acids is 1. The Hall–Kier alpha value is -1.69. The molecular formula is C13H17FN2O2S. The molecule has 0 radical (unpaired) electrons. The highest BCUT2D eigenvalue weighted by atomic mass is 32.1. The van der Waals surface area contributed by atoms with Crippen molar-refractivity contribution >= 4 is 23.1 Å². The van der Waals surface area contributed by atoms with Gasteiger partial charge in [-0.25, -0.2) is 4.39 Å². The molecule has 0 aliphatic heterocycles. The van der Waals surface area contributed by atoms with E-state index in [0.29, 0.717) is 6.42 Å². The Morgan fingerprint density at radius 1 is 1.58 bits per heavy atom. The molecule has 0 saturated carbocycles. The quantitative estimate of drug-likeness (QED) is 0.784. The van der Waals surface area contributed by atoms with Crippen LogP contribution < -0.4 is 15.8 Å². The van der Waals surface area contributed by atoms with E-state index in [-0.39, 0.29) is 16.3 Å². The van der Waals surface area contributed by atoms with Crippen molar-refractivity contribution in [3.05, 3.63) is 29.6 Å². The first-order valence-corrected chi connectivity index (χ1v) is 6.34. The fraction of sp³-hybridized carbons (Fsp3) is 0.385. The van der Waals surface area contributed by atoms with Gasteiger partial charge >= 0.3 is 0 Å². The second-order valence-electron chi connectivity index (χ2n) is 4.03. The summed E-state index contributed by atoms with van der Waals surface area (Å²) in [6.07, 6.45) is 1.41. The fourth-order valence-electron chi connectivity index (χ4n) is 1.70. The minimum absolute atomic E-state index is 0.137. The Bertz CT molecular complexity index is 480. The van der Waals surface area contributed by atoms with Crippen LogP contribution in [0.1, 0.15) is 30.1 Å². The Morgan fingerprint density at radius 2 is 2.26 bits per heavy atom. The highest BCUT2D eigenvalue weighted by Gasteiger charge is 2.21. The molecule has 19 heavy (non-hydrogen) atoms. The van der Waals surface area contributed by atoms with Crippen LogP contribution >= 0.6 is 12.2 Å². The average molecular weight is 284 g/mol. The van der Waals surface area contributed by atoms with E-state index in [1.165, 1.54) is 25.3 Å². The van der Waals surface area contributed by atoms with Crippen LogP contribution in [0.15, 0.2) is 18.2 Å². The fourth-order valence-corrected chi connectivity index (χ4v) is 1.88. The lowest BCUT2D eigenvalue weighted by molar-refractivity contribution is 0.0938. The molecule has 1 unspecified atom stereocenters. The minimum atomic E-state index is -0.643. The number of ether oxygens (including phenoxy) is 1. The van der Waals surface area contributed by atoms with E-state index in [1.54, 1.807) is 0 Å². The van der Waals surface area contributed by atoms with Gasteiger partial charge in [-0.3, -0.25) is 4.79 Å². The molecule has 1 amide bonds. The first-order valence-electron chi connectivity index (χ1n) is 5.94. The molecule has 0 fully saturated rings. The molecule has 3 N–H and O–H groups in total. The first kappa shape index (κ1) is 15.4. The summed E-state index contributed by atoms with van der Waals surface area (Å²) >= 11 is 4.88. The van der Waals surface area contributed by atoms with E-state index in [1.807, 2.05) is 6.92 Å². The van der Waals surface area contributed by atoms with E-state index < -0.39 is 17.8 Å². The van der Waals surface area contributed by atoms with Crippen molar-refractivity contribution in [2.45, 2.75) is 25.8 Å². The lowest BCUT2D eigenvalue weighted by Crippen LogP contribution is -2.43. The average Bonchev–Trinajstić information content (AvgIpc) is 2.37. The van der Waals surface area contributed by atoms with Crippen molar-refractivity contribution in [1.29, 1.82) is 0 Å². The van der Waals surface area contributed by atoms with E-state index in [2.05, 4.69) is 5.32 Å².